The molecule has 0 aromatic heterocycles. The number of hydrogen-bond acceptors (Lipinski definition) is 7. The molecule has 0 aliphatic carbocycles. The second kappa shape index (κ2) is 14.0. The molecule has 0 saturated carbocycles. The number of carboxylic acid groups (broad SMARTS) is 2. The third-order valence-corrected chi connectivity index (χ3v) is 2.34. The van der Waals surface area contributed by atoms with Crippen LogP contribution in [0.1, 0.15) is 19.3 Å². The molecule has 2 amide bonds. The number of rotatable bonds is 10. The summed E-state index contributed by atoms with van der Waals surface area (Å²) in [5.41, 5.74) is 22.0. The fourth-order valence-electron chi connectivity index (χ4n) is 1.10. The van der Waals surface area contributed by atoms with Crippen molar-refractivity contribution in [2.24, 2.45) is 22.9 Å². The van der Waals surface area contributed by atoms with E-state index >= 15 is 0 Å². The molecule has 0 aliphatic rings. The van der Waals surface area contributed by atoms with Crippen LogP contribution in [0.3, 0.4) is 0 Å². The molecule has 24 heavy (non-hydrogen) atoms. The second-order valence-electron chi connectivity index (χ2n) is 4.48. The first-order valence-electron chi connectivity index (χ1n) is 6.79. The molecule has 0 bridgehead atoms. The molecule has 2 atom stereocenters. The molecule has 0 unspecified atom stereocenters. The molecule has 0 fully saturated rings. The quantitative estimate of drug-likeness (QED) is 0.0836. The number of guanidine groups is 1. The molecular formula is C11H25N7O6. The van der Waals surface area contributed by atoms with Gasteiger partial charge < -0.3 is 38.5 Å². The molecule has 13 N–H and O–H groups in total. The van der Waals surface area contributed by atoms with E-state index in [0.717, 1.165) is 0 Å². The van der Waals surface area contributed by atoms with Gasteiger partial charge in [0.2, 0.25) is 5.96 Å². The first kappa shape index (κ1) is 23.6. The molecule has 0 aromatic carbocycles. The number of primary amides is 1. The highest BCUT2D eigenvalue weighted by Crippen LogP contribution is 1.92. The zero-order valence-corrected chi connectivity index (χ0v) is 13.0. The first-order valence-corrected chi connectivity index (χ1v) is 6.79. The van der Waals surface area contributed by atoms with Crippen molar-refractivity contribution >= 4 is 23.9 Å². The van der Waals surface area contributed by atoms with E-state index < -0.39 is 30.1 Å². The van der Waals surface area contributed by atoms with Crippen LogP contribution in [0.4, 0.5) is 4.79 Å². The number of carbonyl (C=O) groups excluding carboxylic acids is 1. The number of urea groups is 1. The minimum atomic E-state index is -1.08. The number of carboxylic acids is 2. The molecule has 0 aromatic rings. The maximum atomic E-state index is 10.2. The zero-order valence-electron chi connectivity index (χ0n) is 13.0. The number of aliphatic carboxylic acids is 2. The summed E-state index contributed by atoms with van der Waals surface area (Å²) in [6.07, 6.45) is 1.00. The lowest BCUT2D eigenvalue weighted by Crippen LogP contribution is -2.35. The fourth-order valence-corrected chi connectivity index (χ4v) is 1.10. The summed E-state index contributed by atoms with van der Waals surface area (Å²) in [6.45, 7) is 0.448. The maximum Gasteiger partial charge on any atom is 0.320 e. The predicted molar refractivity (Wildman–Crippen MR) is 83.7 cm³/mol. The van der Waals surface area contributed by atoms with Crippen molar-refractivity contribution in [3.05, 3.63) is 0 Å². The Bertz CT molecular complexity index is 382. The summed E-state index contributed by atoms with van der Waals surface area (Å²) < 4.78 is 0. The molecular weight excluding hydrogens is 326 g/mol. The lowest BCUT2D eigenvalue weighted by molar-refractivity contribution is -0.139. The molecule has 0 rings (SSSR count). The Balaban J connectivity index is 0. The smallest absolute Gasteiger partial charge is 0.320 e. The van der Waals surface area contributed by atoms with Crippen molar-refractivity contribution in [1.29, 1.82) is 5.41 Å². The highest BCUT2D eigenvalue weighted by Gasteiger charge is 2.10. The van der Waals surface area contributed by atoms with Crippen molar-refractivity contribution < 1.29 is 29.4 Å². The van der Waals surface area contributed by atoms with E-state index in [-0.39, 0.29) is 19.0 Å². The number of hydroxylamine groups is 1. The van der Waals surface area contributed by atoms with E-state index in [0.29, 0.717) is 19.4 Å². The van der Waals surface area contributed by atoms with Gasteiger partial charge in [0.25, 0.3) is 0 Å². The fraction of sp³-hybridized carbons (Fsp3) is 0.636. The molecule has 0 heterocycles. The van der Waals surface area contributed by atoms with Crippen molar-refractivity contribution in [2.45, 2.75) is 31.3 Å². The van der Waals surface area contributed by atoms with Crippen LogP contribution < -0.4 is 33.7 Å². The van der Waals surface area contributed by atoms with E-state index in [1.807, 2.05) is 0 Å². The van der Waals surface area contributed by atoms with Crippen LogP contribution in [-0.2, 0) is 14.4 Å². The Morgan fingerprint density at radius 1 is 1.04 bits per heavy atom. The molecule has 0 spiro atoms. The molecule has 0 aliphatic heterocycles. The summed E-state index contributed by atoms with van der Waals surface area (Å²) in [4.78, 5) is 35.1. The van der Waals surface area contributed by atoms with E-state index in [9.17, 15) is 14.4 Å². The second-order valence-corrected chi connectivity index (χ2v) is 4.48. The van der Waals surface area contributed by atoms with Crippen LogP contribution in [0, 0.1) is 5.41 Å². The summed E-state index contributed by atoms with van der Waals surface area (Å²) in [7, 11) is 0. The van der Waals surface area contributed by atoms with Crippen LogP contribution >= 0.6 is 0 Å². The van der Waals surface area contributed by atoms with Crippen LogP contribution in [-0.4, -0.2) is 59.4 Å². The van der Waals surface area contributed by atoms with Gasteiger partial charge in [-0.15, -0.1) is 0 Å². The lowest BCUT2D eigenvalue weighted by Gasteiger charge is -2.06. The molecule has 140 valence electrons. The zero-order chi connectivity index (χ0) is 19.1. The predicted octanol–water partition coefficient (Wildman–Crippen LogP) is -2.95. The van der Waals surface area contributed by atoms with Crippen LogP contribution in [0.25, 0.3) is 0 Å². The van der Waals surface area contributed by atoms with Crippen molar-refractivity contribution in [2.75, 3.05) is 13.2 Å². The Labute approximate surface area is 138 Å². The largest absolute Gasteiger partial charge is 0.480 e. The first-order chi connectivity index (χ1) is 11.1. The molecule has 0 radical (unpaired) electrons. The van der Waals surface area contributed by atoms with Gasteiger partial charge in [0.1, 0.15) is 12.1 Å². The van der Waals surface area contributed by atoms with Gasteiger partial charge in [-0.25, -0.2) is 10.3 Å². The summed E-state index contributed by atoms with van der Waals surface area (Å²) in [6, 6.07) is -2.42. The molecule has 13 nitrogen and oxygen atoms in total. The van der Waals surface area contributed by atoms with Gasteiger partial charge in [-0.1, -0.05) is 0 Å². The summed E-state index contributed by atoms with van der Waals surface area (Å²) in [5, 5.41) is 25.7. The third kappa shape index (κ3) is 17.4. The van der Waals surface area contributed by atoms with Gasteiger partial charge in [-0.2, -0.15) is 0 Å². The lowest BCUT2D eigenvalue weighted by atomic mass is 10.2. The van der Waals surface area contributed by atoms with Gasteiger partial charge in [-0.05, 0) is 19.3 Å². The number of hydrogen-bond donors (Lipinski definition) is 9. The summed E-state index contributed by atoms with van der Waals surface area (Å²) in [5.74, 6) is -2.45. The molecule has 13 heteroatoms. The highest BCUT2D eigenvalue weighted by molar-refractivity contribution is 5.74. The van der Waals surface area contributed by atoms with Gasteiger partial charge in [0.05, 0.1) is 6.61 Å². The number of carbonyl (C=O) groups is 3. The standard InChI is InChI=1S/C6H13N3O3.C5H12N4O3/c7-4(5(10)11)2-1-3-9-6(8)12;6-3(4(10)11)1-2-12-9-5(7)8/h4H,1-3,7H2,(H,10,11)(H3,8,9,12);3H,1-2,6H2,(H,10,11)(H4,7,8,9)/t4-;3-/m00/s1. The van der Waals surface area contributed by atoms with E-state index in [2.05, 4.69) is 15.6 Å². The van der Waals surface area contributed by atoms with Crippen molar-refractivity contribution in [1.82, 2.24) is 10.8 Å². The maximum absolute atomic E-state index is 10.2. The van der Waals surface area contributed by atoms with Crippen LogP contribution in [0.15, 0.2) is 0 Å². The average Bonchev–Trinajstić information content (AvgIpc) is 2.47. The minimum absolute atomic E-state index is 0.0903. The normalized spacial score (nSPS) is 12.1. The van der Waals surface area contributed by atoms with Gasteiger partial charge in [-0.3, -0.25) is 19.8 Å². The van der Waals surface area contributed by atoms with E-state index in [1.54, 1.807) is 0 Å². The number of nitrogens with one attached hydrogen (secondary N) is 3. The number of amides is 2. The van der Waals surface area contributed by atoms with Crippen molar-refractivity contribution in [3.63, 3.8) is 0 Å². The minimum Gasteiger partial charge on any atom is -0.480 e. The Kier molecular flexibility index (Phi) is 13.8. The Morgan fingerprint density at radius 2 is 1.54 bits per heavy atom. The van der Waals surface area contributed by atoms with Crippen molar-refractivity contribution in [3.8, 4) is 0 Å². The van der Waals surface area contributed by atoms with E-state index in [1.165, 1.54) is 0 Å². The average molecular weight is 351 g/mol. The summed E-state index contributed by atoms with van der Waals surface area (Å²) >= 11 is 0. The van der Waals surface area contributed by atoms with Gasteiger partial charge >= 0.3 is 18.0 Å². The van der Waals surface area contributed by atoms with E-state index in [4.69, 9.17) is 38.6 Å². The monoisotopic (exact) mass is 351 g/mol. The van der Waals surface area contributed by atoms with Gasteiger partial charge in [0.15, 0.2) is 0 Å². The van der Waals surface area contributed by atoms with Crippen LogP contribution in [0.2, 0.25) is 0 Å². The Morgan fingerprint density at radius 3 is 1.96 bits per heavy atom. The number of nitrogens with two attached hydrogens (primary N) is 4. The molecule has 0 saturated heterocycles. The highest BCUT2D eigenvalue weighted by atomic mass is 16.6. The third-order valence-electron chi connectivity index (χ3n) is 2.34. The van der Waals surface area contributed by atoms with Crippen LogP contribution in [0.5, 0.6) is 0 Å². The van der Waals surface area contributed by atoms with Gasteiger partial charge in [0, 0.05) is 6.54 Å². The SMILES string of the molecule is N=C(N)NOCC[C@H](N)C(=O)O.NC(=O)NCCC[C@H](N)C(=O)O. The topological polar surface area (TPSA) is 253 Å². The Hall–Kier alpha value is -2.64.